The molecule has 0 aromatic carbocycles. The fourth-order valence-electron chi connectivity index (χ4n) is 2.15. The predicted octanol–water partition coefficient (Wildman–Crippen LogP) is 4.25. The third kappa shape index (κ3) is 6.56. The molecule has 124 valence electrons. The zero-order valence-electron chi connectivity index (χ0n) is 13.1. The second-order valence-electron chi connectivity index (χ2n) is 6.37. The van der Waals surface area contributed by atoms with Gasteiger partial charge in [0.25, 0.3) is 0 Å². The molecular weight excluding hydrogens is 295 g/mol. The lowest BCUT2D eigenvalue weighted by Crippen LogP contribution is -2.18. The number of Topliss-reactive ketones (excluding diaryl/α,β-unsaturated/α-hetero) is 1. The number of aromatic nitrogens is 1. The van der Waals surface area contributed by atoms with Crippen molar-refractivity contribution in [3.05, 3.63) is 29.6 Å². The first-order valence-corrected chi connectivity index (χ1v) is 7.28. The molecule has 1 heterocycles. The van der Waals surface area contributed by atoms with Crippen LogP contribution in [0.15, 0.2) is 18.3 Å². The molecule has 22 heavy (non-hydrogen) atoms. The van der Waals surface area contributed by atoms with Crippen LogP contribution >= 0.6 is 0 Å². The smallest absolute Gasteiger partial charge is 0.390 e. The van der Waals surface area contributed by atoms with Crippen LogP contribution in [0.25, 0.3) is 0 Å². The lowest BCUT2D eigenvalue weighted by molar-refractivity contribution is -0.141. The topological polar surface area (TPSA) is 50.2 Å². The van der Waals surface area contributed by atoms with Gasteiger partial charge in [0, 0.05) is 18.2 Å². The Hall–Kier alpha value is -1.43. The van der Waals surface area contributed by atoms with Crippen molar-refractivity contribution < 1.29 is 23.1 Å². The first-order valence-electron chi connectivity index (χ1n) is 7.28. The van der Waals surface area contributed by atoms with E-state index in [9.17, 15) is 23.1 Å². The summed E-state index contributed by atoms with van der Waals surface area (Å²) in [5, 5.41) is 9.62. The van der Waals surface area contributed by atoms with Gasteiger partial charge in [-0.25, -0.2) is 0 Å². The van der Waals surface area contributed by atoms with E-state index in [1.54, 1.807) is 13.8 Å². The van der Waals surface area contributed by atoms with Gasteiger partial charge in [-0.3, -0.25) is 9.78 Å². The van der Waals surface area contributed by atoms with E-state index in [1.165, 1.54) is 6.07 Å². The Morgan fingerprint density at radius 3 is 2.41 bits per heavy atom. The molecule has 1 N–H and O–H groups in total. The maximum Gasteiger partial charge on any atom is 0.433 e. The van der Waals surface area contributed by atoms with Crippen LogP contribution < -0.4 is 0 Å². The van der Waals surface area contributed by atoms with Gasteiger partial charge in [-0.2, -0.15) is 13.2 Å². The van der Waals surface area contributed by atoms with Crippen LogP contribution in [0.4, 0.5) is 13.2 Å². The van der Waals surface area contributed by atoms with Gasteiger partial charge in [-0.05, 0) is 38.3 Å². The van der Waals surface area contributed by atoms with Gasteiger partial charge in [-0.15, -0.1) is 0 Å². The molecule has 0 saturated carbocycles. The monoisotopic (exact) mass is 317 g/mol. The molecular formula is C16H22F3NO2. The van der Waals surface area contributed by atoms with E-state index in [-0.39, 0.29) is 23.7 Å². The van der Waals surface area contributed by atoms with Gasteiger partial charge in [0.1, 0.15) is 5.69 Å². The van der Waals surface area contributed by atoms with E-state index in [2.05, 4.69) is 4.98 Å². The van der Waals surface area contributed by atoms with Crippen molar-refractivity contribution in [1.82, 2.24) is 4.98 Å². The summed E-state index contributed by atoms with van der Waals surface area (Å²) in [5.74, 6) is -0.103. The maximum absolute atomic E-state index is 12.4. The van der Waals surface area contributed by atoms with Crippen molar-refractivity contribution in [3.8, 4) is 0 Å². The summed E-state index contributed by atoms with van der Waals surface area (Å²) in [4.78, 5) is 15.3. The van der Waals surface area contributed by atoms with Crippen LogP contribution in [-0.2, 0) is 6.18 Å². The Balaban J connectivity index is 2.51. The van der Waals surface area contributed by atoms with Gasteiger partial charge in [0.15, 0.2) is 5.78 Å². The highest BCUT2D eigenvalue weighted by molar-refractivity contribution is 5.95. The van der Waals surface area contributed by atoms with E-state index in [0.717, 1.165) is 25.1 Å². The third-order valence-electron chi connectivity index (χ3n) is 3.40. The average Bonchev–Trinajstić information content (AvgIpc) is 2.36. The molecule has 3 nitrogen and oxygen atoms in total. The first kappa shape index (κ1) is 18.6. The van der Waals surface area contributed by atoms with Crippen LogP contribution in [0.3, 0.4) is 0 Å². The summed E-state index contributed by atoms with van der Waals surface area (Å²) in [6.45, 7) is 5.38. The molecule has 0 amide bonds. The van der Waals surface area contributed by atoms with Crippen molar-refractivity contribution in [3.63, 3.8) is 0 Å². The quantitative estimate of drug-likeness (QED) is 0.765. The number of carbonyl (C=O) groups excluding carboxylic acids is 1. The number of halogens is 3. The molecule has 1 atom stereocenters. The van der Waals surface area contributed by atoms with Crippen LogP contribution in [0.5, 0.6) is 0 Å². The molecule has 0 bridgehead atoms. The van der Waals surface area contributed by atoms with Crippen LogP contribution in [0.1, 0.15) is 62.5 Å². The molecule has 1 rings (SSSR count). The number of ketones is 1. The van der Waals surface area contributed by atoms with Crippen LogP contribution in [0.2, 0.25) is 0 Å². The number of hydrogen-bond donors (Lipinski definition) is 1. The molecule has 0 aliphatic heterocycles. The minimum Gasteiger partial charge on any atom is -0.390 e. The van der Waals surface area contributed by atoms with E-state index in [1.807, 2.05) is 6.92 Å². The summed E-state index contributed by atoms with van der Waals surface area (Å²) in [5.41, 5.74) is -1.52. The van der Waals surface area contributed by atoms with E-state index < -0.39 is 17.5 Å². The summed E-state index contributed by atoms with van der Waals surface area (Å²) >= 11 is 0. The summed E-state index contributed by atoms with van der Waals surface area (Å²) < 4.78 is 37.2. The molecule has 1 aromatic heterocycles. The molecule has 0 aliphatic rings. The largest absolute Gasteiger partial charge is 0.433 e. The standard InChI is InChI=1S/C16H22F3NO2/c1-11(5-4-8-15(2,3)22)9-13(21)12-6-7-14(20-10-12)16(17,18)19/h6-7,10-11,22H,4-5,8-9H2,1-3H3. The van der Waals surface area contributed by atoms with E-state index in [4.69, 9.17) is 0 Å². The highest BCUT2D eigenvalue weighted by Crippen LogP contribution is 2.27. The third-order valence-corrected chi connectivity index (χ3v) is 3.40. The summed E-state index contributed by atoms with van der Waals surface area (Å²) in [6, 6.07) is 1.99. The second-order valence-corrected chi connectivity index (χ2v) is 6.37. The van der Waals surface area contributed by atoms with Crippen LogP contribution in [0, 0.1) is 5.92 Å². The van der Waals surface area contributed by atoms with Crippen molar-refractivity contribution in [2.45, 2.75) is 58.2 Å². The average molecular weight is 317 g/mol. The van der Waals surface area contributed by atoms with E-state index in [0.29, 0.717) is 6.42 Å². The predicted molar refractivity (Wildman–Crippen MR) is 77.5 cm³/mol. The number of pyridine rings is 1. The maximum atomic E-state index is 12.4. The Morgan fingerprint density at radius 1 is 1.32 bits per heavy atom. The molecule has 0 saturated heterocycles. The second kappa shape index (κ2) is 7.22. The number of alkyl halides is 3. The Kier molecular flexibility index (Phi) is 6.11. The molecule has 1 aromatic rings. The molecule has 1 unspecified atom stereocenters. The van der Waals surface area contributed by atoms with Gasteiger partial charge in [0.2, 0.25) is 0 Å². The fourth-order valence-corrected chi connectivity index (χ4v) is 2.15. The fraction of sp³-hybridized carbons (Fsp3) is 0.625. The lowest BCUT2D eigenvalue weighted by Gasteiger charge is -2.18. The van der Waals surface area contributed by atoms with E-state index >= 15 is 0 Å². The molecule has 0 radical (unpaired) electrons. The number of rotatable bonds is 7. The van der Waals surface area contributed by atoms with Crippen molar-refractivity contribution >= 4 is 5.78 Å². The molecule has 6 heteroatoms. The molecule has 0 aliphatic carbocycles. The molecule has 0 spiro atoms. The normalized spacial score (nSPS) is 14.0. The van der Waals surface area contributed by atoms with Gasteiger partial charge < -0.3 is 5.11 Å². The highest BCUT2D eigenvalue weighted by atomic mass is 19.4. The number of carbonyl (C=O) groups is 1. The zero-order valence-corrected chi connectivity index (χ0v) is 13.1. The van der Waals surface area contributed by atoms with Gasteiger partial charge in [-0.1, -0.05) is 19.8 Å². The van der Waals surface area contributed by atoms with Crippen molar-refractivity contribution in [2.75, 3.05) is 0 Å². The number of nitrogens with zero attached hydrogens (tertiary/aromatic N) is 1. The Labute approximate surface area is 128 Å². The summed E-state index contributed by atoms with van der Waals surface area (Å²) in [6.07, 6.45) is -1.03. The number of hydrogen-bond acceptors (Lipinski definition) is 3. The minimum absolute atomic E-state index is 0.108. The minimum atomic E-state index is -4.49. The van der Waals surface area contributed by atoms with Crippen molar-refractivity contribution in [1.29, 1.82) is 0 Å². The lowest BCUT2D eigenvalue weighted by atomic mass is 9.93. The van der Waals surface area contributed by atoms with Gasteiger partial charge in [0.05, 0.1) is 5.60 Å². The van der Waals surface area contributed by atoms with Gasteiger partial charge >= 0.3 is 6.18 Å². The highest BCUT2D eigenvalue weighted by Gasteiger charge is 2.32. The number of aliphatic hydroxyl groups is 1. The van der Waals surface area contributed by atoms with Crippen LogP contribution in [-0.4, -0.2) is 21.5 Å². The Bertz CT molecular complexity index is 490. The Morgan fingerprint density at radius 2 is 1.95 bits per heavy atom. The summed E-state index contributed by atoms with van der Waals surface area (Å²) in [7, 11) is 0. The zero-order chi connectivity index (χ0) is 17.0. The molecule has 0 fully saturated rings. The SMILES string of the molecule is CC(CCCC(C)(C)O)CC(=O)c1ccc(C(F)(F)F)nc1. The first-order chi connectivity index (χ1) is 9.99. The van der Waals surface area contributed by atoms with Crippen molar-refractivity contribution in [2.24, 2.45) is 5.92 Å².